The van der Waals surface area contributed by atoms with Crippen molar-refractivity contribution in [2.75, 3.05) is 18.9 Å². The number of nitrogens with zero attached hydrogens (tertiary/aromatic N) is 3. The second-order valence-corrected chi connectivity index (χ2v) is 6.12. The third kappa shape index (κ3) is 2.80. The second kappa shape index (κ2) is 6.22. The number of furan rings is 1. The molecule has 3 rings (SSSR count). The number of hydrogen-bond acceptors (Lipinski definition) is 6. The molecule has 2 aromatic heterocycles. The van der Waals surface area contributed by atoms with Gasteiger partial charge in [-0.2, -0.15) is 4.98 Å². The van der Waals surface area contributed by atoms with Crippen molar-refractivity contribution < 1.29 is 9.52 Å². The van der Waals surface area contributed by atoms with Crippen LogP contribution in [0.5, 0.6) is 0 Å². The highest BCUT2D eigenvalue weighted by Gasteiger charge is 2.23. The zero-order chi connectivity index (χ0) is 15.7. The number of aliphatic hydroxyl groups excluding tert-OH is 1. The van der Waals surface area contributed by atoms with Gasteiger partial charge in [0.1, 0.15) is 17.4 Å². The van der Waals surface area contributed by atoms with Crippen molar-refractivity contribution in [3.63, 3.8) is 0 Å². The van der Waals surface area contributed by atoms with Crippen LogP contribution in [0.3, 0.4) is 0 Å². The van der Waals surface area contributed by atoms with Gasteiger partial charge in [-0.3, -0.25) is 4.90 Å². The molecule has 1 aliphatic heterocycles. The van der Waals surface area contributed by atoms with Gasteiger partial charge in [0.05, 0.1) is 11.9 Å². The largest absolute Gasteiger partial charge is 0.443 e. The standard InChI is InChI=1S/C16H24N4O2/c1-10-11(2)22-16-14(10)15(17)18-13(19-16)9-20-7-4-3-5-12(20)6-8-21/h12,21H,3-9H2,1-2H3,(H2,17,18,19). The van der Waals surface area contributed by atoms with E-state index < -0.39 is 0 Å². The summed E-state index contributed by atoms with van der Waals surface area (Å²) >= 11 is 0. The highest BCUT2D eigenvalue weighted by Crippen LogP contribution is 2.28. The molecule has 1 unspecified atom stereocenters. The first-order valence-electron chi connectivity index (χ1n) is 7.97. The lowest BCUT2D eigenvalue weighted by Crippen LogP contribution is -2.39. The average Bonchev–Trinajstić information content (AvgIpc) is 2.77. The van der Waals surface area contributed by atoms with Gasteiger partial charge in [-0.05, 0) is 39.7 Å². The van der Waals surface area contributed by atoms with Gasteiger partial charge in [-0.1, -0.05) is 6.42 Å². The first-order valence-corrected chi connectivity index (χ1v) is 7.97. The molecule has 1 aliphatic rings. The van der Waals surface area contributed by atoms with Gasteiger partial charge in [0.2, 0.25) is 5.71 Å². The molecular formula is C16H24N4O2. The average molecular weight is 304 g/mol. The first kappa shape index (κ1) is 15.2. The van der Waals surface area contributed by atoms with Crippen LogP contribution in [0.25, 0.3) is 11.1 Å². The summed E-state index contributed by atoms with van der Waals surface area (Å²) in [5.41, 5.74) is 7.69. The molecule has 6 heteroatoms. The number of aliphatic hydroxyl groups is 1. The van der Waals surface area contributed by atoms with E-state index in [9.17, 15) is 5.11 Å². The van der Waals surface area contributed by atoms with Crippen molar-refractivity contribution in [3.05, 3.63) is 17.1 Å². The Hall–Kier alpha value is -1.66. The molecular weight excluding hydrogens is 280 g/mol. The van der Waals surface area contributed by atoms with Crippen LogP contribution in [-0.4, -0.2) is 39.2 Å². The Kier molecular flexibility index (Phi) is 4.31. The Bertz CT molecular complexity index is 666. The van der Waals surface area contributed by atoms with Crippen molar-refractivity contribution in [2.45, 2.75) is 52.1 Å². The van der Waals surface area contributed by atoms with E-state index in [2.05, 4.69) is 14.9 Å². The molecule has 22 heavy (non-hydrogen) atoms. The Morgan fingerprint density at radius 2 is 2.14 bits per heavy atom. The number of hydrogen-bond donors (Lipinski definition) is 2. The molecule has 0 bridgehead atoms. The SMILES string of the molecule is Cc1oc2nc(CN3CCCCC3CCO)nc(N)c2c1C. The van der Waals surface area contributed by atoms with E-state index in [0.717, 1.165) is 36.1 Å². The van der Waals surface area contributed by atoms with Crippen LogP contribution < -0.4 is 5.73 Å². The minimum absolute atomic E-state index is 0.222. The lowest BCUT2D eigenvalue weighted by molar-refractivity contribution is 0.110. The maximum atomic E-state index is 9.23. The molecule has 1 saturated heterocycles. The number of likely N-dealkylation sites (tertiary alicyclic amines) is 1. The van der Waals surface area contributed by atoms with Crippen LogP contribution >= 0.6 is 0 Å². The number of anilines is 1. The van der Waals surface area contributed by atoms with Gasteiger partial charge in [0.25, 0.3) is 0 Å². The molecule has 3 heterocycles. The molecule has 0 spiro atoms. The maximum Gasteiger partial charge on any atom is 0.231 e. The van der Waals surface area contributed by atoms with Crippen molar-refractivity contribution in [2.24, 2.45) is 0 Å². The summed E-state index contributed by atoms with van der Waals surface area (Å²) in [6, 6.07) is 0.402. The van der Waals surface area contributed by atoms with E-state index in [1.54, 1.807) is 0 Å². The quantitative estimate of drug-likeness (QED) is 0.900. The number of aromatic nitrogens is 2. The predicted octanol–water partition coefficient (Wildman–Crippen LogP) is 2.16. The summed E-state index contributed by atoms with van der Waals surface area (Å²) in [4.78, 5) is 11.4. The summed E-state index contributed by atoms with van der Waals surface area (Å²) in [6.07, 6.45) is 4.33. The summed E-state index contributed by atoms with van der Waals surface area (Å²) in [5, 5.41) is 10.1. The van der Waals surface area contributed by atoms with E-state index in [1.165, 1.54) is 12.8 Å². The van der Waals surface area contributed by atoms with Gasteiger partial charge in [0.15, 0.2) is 0 Å². The van der Waals surface area contributed by atoms with Crippen LogP contribution in [0.2, 0.25) is 0 Å². The van der Waals surface area contributed by atoms with Crippen LogP contribution in [0.1, 0.15) is 42.8 Å². The van der Waals surface area contributed by atoms with Crippen LogP contribution in [0.15, 0.2) is 4.42 Å². The van der Waals surface area contributed by atoms with Gasteiger partial charge in [-0.15, -0.1) is 0 Å². The molecule has 0 aliphatic carbocycles. The van der Waals surface area contributed by atoms with Crippen molar-refractivity contribution >= 4 is 16.9 Å². The van der Waals surface area contributed by atoms with Gasteiger partial charge in [-0.25, -0.2) is 4.98 Å². The zero-order valence-corrected chi connectivity index (χ0v) is 13.3. The fourth-order valence-electron chi connectivity index (χ4n) is 3.32. The second-order valence-electron chi connectivity index (χ2n) is 6.12. The summed E-state index contributed by atoms with van der Waals surface area (Å²) in [5.74, 6) is 2.03. The van der Waals surface area contributed by atoms with Crippen LogP contribution in [-0.2, 0) is 6.54 Å². The fourth-order valence-corrected chi connectivity index (χ4v) is 3.32. The van der Waals surface area contributed by atoms with Crippen molar-refractivity contribution in [3.8, 4) is 0 Å². The Morgan fingerprint density at radius 3 is 2.91 bits per heavy atom. The van der Waals surface area contributed by atoms with Crippen LogP contribution in [0, 0.1) is 13.8 Å². The summed E-state index contributed by atoms with van der Waals surface area (Å²) in [7, 11) is 0. The highest BCUT2D eigenvalue weighted by atomic mass is 16.3. The number of rotatable bonds is 4. The number of aryl methyl sites for hydroxylation is 2. The van der Waals surface area contributed by atoms with Gasteiger partial charge < -0.3 is 15.3 Å². The molecule has 1 fully saturated rings. The zero-order valence-electron chi connectivity index (χ0n) is 13.3. The summed E-state index contributed by atoms with van der Waals surface area (Å²) in [6.45, 7) is 5.78. The number of piperidine rings is 1. The van der Waals surface area contributed by atoms with E-state index in [0.29, 0.717) is 29.9 Å². The van der Waals surface area contributed by atoms with E-state index in [1.807, 2.05) is 13.8 Å². The summed E-state index contributed by atoms with van der Waals surface area (Å²) < 4.78 is 5.69. The molecule has 0 amide bonds. The lowest BCUT2D eigenvalue weighted by atomic mass is 10.00. The van der Waals surface area contributed by atoms with Gasteiger partial charge >= 0.3 is 0 Å². The van der Waals surface area contributed by atoms with Crippen LogP contribution in [0.4, 0.5) is 5.82 Å². The Morgan fingerprint density at radius 1 is 1.32 bits per heavy atom. The topological polar surface area (TPSA) is 88.4 Å². The number of fused-ring (bicyclic) bond motifs is 1. The Balaban J connectivity index is 1.87. The monoisotopic (exact) mass is 304 g/mol. The molecule has 0 aromatic carbocycles. The number of nitrogens with two attached hydrogens (primary N) is 1. The number of nitrogen functional groups attached to an aromatic ring is 1. The molecule has 1 atom stereocenters. The van der Waals surface area contributed by atoms with Gasteiger partial charge in [0, 0.05) is 18.2 Å². The highest BCUT2D eigenvalue weighted by molar-refractivity contribution is 5.88. The molecule has 120 valence electrons. The molecule has 2 aromatic rings. The minimum atomic E-state index is 0.222. The molecule has 3 N–H and O–H groups in total. The normalized spacial score (nSPS) is 19.9. The smallest absolute Gasteiger partial charge is 0.231 e. The van der Waals surface area contributed by atoms with E-state index >= 15 is 0 Å². The molecule has 6 nitrogen and oxygen atoms in total. The van der Waals surface area contributed by atoms with E-state index in [4.69, 9.17) is 10.2 Å². The van der Waals surface area contributed by atoms with E-state index in [-0.39, 0.29) is 6.61 Å². The minimum Gasteiger partial charge on any atom is -0.443 e. The predicted molar refractivity (Wildman–Crippen MR) is 85.4 cm³/mol. The third-order valence-corrected chi connectivity index (χ3v) is 4.66. The lowest BCUT2D eigenvalue weighted by Gasteiger charge is -2.34. The third-order valence-electron chi connectivity index (χ3n) is 4.66. The molecule has 0 saturated carbocycles. The van der Waals surface area contributed by atoms with Crippen molar-refractivity contribution in [1.82, 2.24) is 14.9 Å². The first-order chi connectivity index (χ1) is 10.6. The maximum absolute atomic E-state index is 9.23. The van der Waals surface area contributed by atoms with Crippen molar-refractivity contribution in [1.29, 1.82) is 0 Å². The fraction of sp³-hybridized carbons (Fsp3) is 0.625. The molecule has 0 radical (unpaired) electrons. The Labute approximate surface area is 130 Å².